The van der Waals surface area contributed by atoms with Crippen LogP contribution in [0.4, 0.5) is 0 Å². The number of nitrogens with two attached hydrogens (primary N) is 1. The molecule has 3 rings (SSSR count). The molecule has 2 N–H and O–H groups in total. The van der Waals surface area contributed by atoms with Gasteiger partial charge in [0.25, 0.3) is 0 Å². The Balaban J connectivity index is 1.79. The molecule has 0 aromatic heterocycles. The van der Waals surface area contributed by atoms with E-state index in [9.17, 15) is 0 Å². The number of rotatable bonds is 5. The van der Waals surface area contributed by atoms with Crippen LogP contribution in [-0.4, -0.2) is 5.17 Å². The molecule has 0 saturated carbocycles. The zero-order valence-electron chi connectivity index (χ0n) is 13.4. The molecule has 24 heavy (non-hydrogen) atoms. The van der Waals surface area contributed by atoms with E-state index < -0.39 is 0 Å². The van der Waals surface area contributed by atoms with E-state index >= 15 is 0 Å². The molecule has 3 heteroatoms. The second-order valence-electron chi connectivity index (χ2n) is 5.46. The van der Waals surface area contributed by atoms with Crippen LogP contribution in [-0.2, 0) is 6.54 Å². The van der Waals surface area contributed by atoms with Crippen LogP contribution in [0.1, 0.15) is 21.9 Å². The molecule has 2 nitrogen and oxygen atoms in total. The highest BCUT2D eigenvalue weighted by Gasteiger charge is 2.16. The van der Waals surface area contributed by atoms with Crippen molar-refractivity contribution in [1.29, 1.82) is 0 Å². The average molecular weight is 332 g/mol. The molecular weight excluding hydrogens is 312 g/mol. The van der Waals surface area contributed by atoms with Crippen LogP contribution in [0.5, 0.6) is 0 Å². The molecule has 0 aliphatic rings. The maximum Gasteiger partial charge on any atom is 0.155 e. The molecule has 0 fully saturated rings. The van der Waals surface area contributed by atoms with E-state index in [1.54, 1.807) is 11.8 Å². The predicted molar refractivity (Wildman–Crippen MR) is 104 cm³/mol. The lowest BCUT2D eigenvalue weighted by Crippen LogP contribution is -2.11. The lowest BCUT2D eigenvalue weighted by molar-refractivity contribution is 1.07. The van der Waals surface area contributed by atoms with Gasteiger partial charge in [-0.15, -0.1) is 0 Å². The number of amidine groups is 1. The van der Waals surface area contributed by atoms with Crippen molar-refractivity contribution in [2.24, 2.45) is 10.7 Å². The Labute approximate surface area is 147 Å². The van der Waals surface area contributed by atoms with E-state index in [1.165, 1.54) is 11.1 Å². The minimum Gasteiger partial charge on any atom is -0.379 e. The second-order valence-corrected chi connectivity index (χ2v) is 6.58. The molecule has 3 aromatic carbocycles. The number of hydrogen-bond acceptors (Lipinski definition) is 2. The lowest BCUT2D eigenvalue weighted by Gasteiger charge is -2.17. The van der Waals surface area contributed by atoms with E-state index in [0.29, 0.717) is 11.7 Å². The van der Waals surface area contributed by atoms with Gasteiger partial charge in [0.1, 0.15) is 0 Å². The standard InChI is InChI=1S/C21H20N2S/c22-21(23-16-17-10-4-1-5-11-17)24-20(18-12-6-2-7-13-18)19-14-8-3-9-15-19/h1-15,20H,16H2,(H2,22,23). The molecule has 0 atom stereocenters. The normalized spacial score (nSPS) is 11.6. The van der Waals surface area contributed by atoms with Crippen LogP contribution in [0, 0.1) is 0 Å². The highest BCUT2D eigenvalue weighted by Crippen LogP contribution is 2.35. The summed E-state index contributed by atoms with van der Waals surface area (Å²) in [4.78, 5) is 4.54. The van der Waals surface area contributed by atoms with Crippen LogP contribution < -0.4 is 5.73 Å². The molecule has 3 aromatic rings. The van der Waals surface area contributed by atoms with Gasteiger partial charge in [0.15, 0.2) is 5.17 Å². The number of nitrogens with zero attached hydrogens (tertiary/aromatic N) is 1. The van der Waals surface area contributed by atoms with Crippen molar-refractivity contribution in [1.82, 2.24) is 0 Å². The van der Waals surface area contributed by atoms with E-state index in [2.05, 4.69) is 65.7 Å². The van der Waals surface area contributed by atoms with E-state index in [4.69, 9.17) is 5.73 Å². The molecule has 0 aliphatic carbocycles. The topological polar surface area (TPSA) is 38.4 Å². The van der Waals surface area contributed by atoms with Crippen LogP contribution in [0.2, 0.25) is 0 Å². The quantitative estimate of drug-likeness (QED) is 0.526. The Morgan fingerprint density at radius 1 is 0.750 bits per heavy atom. The van der Waals surface area contributed by atoms with Gasteiger partial charge in [-0.2, -0.15) is 0 Å². The van der Waals surface area contributed by atoms with Crippen molar-refractivity contribution >= 4 is 16.9 Å². The van der Waals surface area contributed by atoms with Crippen molar-refractivity contribution in [2.45, 2.75) is 11.8 Å². The van der Waals surface area contributed by atoms with Gasteiger partial charge in [0, 0.05) is 0 Å². The Bertz CT molecular complexity index is 731. The van der Waals surface area contributed by atoms with E-state index in [1.807, 2.05) is 30.3 Å². The third-order valence-corrected chi connectivity index (χ3v) is 4.85. The predicted octanol–water partition coefficient (Wildman–Crippen LogP) is 5.02. The fourth-order valence-electron chi connectivity index (χ4n) is 2.49. The van der Waals surface area contributed by atoms with Crippen molar-refractivity contribution in [3.63, 3.8) is 0 Å². The van der Waals surface area contributed by atoms with Gasteiger partial charge in [0.2, 0.25) is 0 Å². The molecule has 120 valence electrons. The van der Waals surface area contributed by atoms with Gasteiger partial charge in [0.05, 0.1) is 11.8 Å². The summed E-state index contributed by atoms with van der Waals surface area (Å²) in [7, 11) is 0. The number of thioether (sulfide) groups is 1. The van der Waals surface area contributed by atoms with Crippen LogP contribution in [0.3, 0.4) is 0 Å². The van der Waals surface area contributed by atoms with Crippen LogP contribution in [0.15, 0.2) is 96.0 Å². The van der Waals surface area contributed by atoms with Gasteiger partial charge in [-0.1, -0.05) is 103 Å². The first-order valence-electron chi connectivity index (χ1n) is 7.93. The van der Waals surface area contributed by atoms with Crippen molar-refractivity contribution in [3.8, 4) is 0 Å². The number of hydrogen-bond donors (Lipinski definition) is 1. The van der Waals surface area contributed by atoms with Gasteiger partial charge >= 0.3 is 0 Å². The first kappa shape index (κ1) is 16.3. The Morgan fingerprint density at radius 2 is 1.21 bits per heavy atom. The summed E-state index contributed by atoms with van der Waals surface area (Å²) in [6.07, 6.45) is 0. The van der Waals surface area contributed by atoms with Crippen LogP contribution in [0.25, 0.3) is 0 Å². The Kier molecular flexibility index (Phi) is 5.70. The van der Waals surface area contributed by atoms with E-state index in [-0.39, 0.29) is 5.25 Å². The highest BCUT2D eigenvalue weighted by molar-refractivity contribution is 8.14. The molecule has 0 aliphatic heterocycles. The molecule has 0 unspecified atom stereocenters. The molecule has 0 spiro atoms. The summed E-state index contributed by atoms with van der Waals surface area (Å²) >= 11 is 1.60. The third kappa shape index (κ3) is 4.49. The van der Waals surface area contributed by atoms with Crippen molar-refractivity contribution < 1.29 is 0 Å². The van der Waals surface area contributed by atoms with Crippen LogP contribution >= 0.6 is 11.8 Å². The summed E-state index contributed by atoms with van der Waals surface area (Å²) in [6.45, 7) is 0.607. The molecule has 0 amide bonds. The van der Waals surface area contributed by atoms with Crippen molar-refractivity contribution in [3.05, 3.63) is 108 Å². The molecule has 0 saturated heterocycles. The monoisotopic (exact) mass is 332 g/mol. The lowest BCUT2D eigenvalue weighted by atomic mass is 10.0. The van der Waals surface area contributed by atoms with Crippen molar-refractivity contribution in [2.75, 3.05) is 0 Å². The maximum absolute atomic E-state index is 6.21. The summed E-state index contributed by atoms with van der Waals surface area (Å²) in [5, 5.41) is 0.753. The largest absolute Gasteiger partial charge is 0.379 e. The first-order valence-corrected chi connectivity index (χ1v) is 8.81. The minimum absolute atomic E-state index is 0.145. The zero-order valence-corrected chi connectivity index (χ0v) is 14.2. The summed E-state index contributed by atoms with van der Waals surface area (Å²) < 4.78 is 0. The fraction of sp³-hybridized carbons (Fsp3) is 0.0952. The summed E-state index contributed by atoms with van der Waals surface area (Å²) in [5.41, 5.74) is 9.83. The van der Waals surface area contributed by atoms with E-state index in [0.717, 1.165) is 5.56 Å². The van der Waals surface area contributed by atoms with Gasteiger partial charge in [-0.3, -0.25) is 4.99 Å². The SMILES string of the molecule is NC(=NCc1ccccc1)SC(c1ccccc1)c1ccccc1. The Hall–Kier alpha value is -2.52. The van der Waals surface area contributed by atoms with Gasteiger partial charge < -0.3 is 5.73 Å². The minimum atomic E-state index is 0.145. The Morgan fingerprint density at radius 3 is 1.71 bits per heavy atom. The molecule has 0 bridgehead atoms. The number of benzene rings is 3. The third-order valence-electron chi connectivity index (χ3n) is 3.70. The number of aliphatic imine (C=N–C) groups is 1. The molecular formula is C21H20N2S. The fourth-order valence-corrected chi connectivity index (χ4v) is 3.46. The maximum atomic E-state index is 6.21. The second kappa shape index (κ2) is 8.37. The van der Waals surface area contributed by atoms with Gasteiger partial charge in [-0.25, -0.2) is 0 Å². The highest BCUT2D eigenvalue weighted by atomic mass is 32.2. The van der Waals surface area contributed by atoms with Gasteiger partial charge in [-0.05, 0) is 16.7 Å². The summed E-state index contributed by atoms with van der Waals surface area (Å²) in [5.74, 6) is 0. The smallest absolute Gasteiger partial charge is 0.155 e. The first-order chi connectivity index (χ1) is 11.8. The average Bonchev–Trinajstić information content (AvgIpc) is 2.67. The molecule has 0 radical (unpaired) electrons. The summed E-state index contributed by atoms with van der Waals surface area (Å²) in [6, 6.07) is 31.0. The molecule has 0 heterocycles. The zero-order chi connectivity index (χ0) is 16.6.